The number of hydrogen-bond acceptors (Lipinski definition) is 4. The van der Waals surface area contributed by atoms with Gasteiger partial charge < -0.3 is 20.3 Å². The van der Waals surface area contributed by atoms with Gasteiger partial charge in [-0.3, -0.25) is 4.79 Å². The van der Waals surface area contributed by atoms with E-state index >= 15 is 0 Å². The van der Waals surface area contributed by atoms with E-state index in [0.29, 0.717) is 32.0 Å². The Bertz CT molecular complexity index is 646. The zero-order chi connectivity index (χ0) is 21.3. The Morgan fingerprint density at radius 1 is 1.07 bits per heavy atom. The highest BCUT2D eigenvalue weighted by Gasteiger charge is 2.18. The van der Waals surface area contributed by atoms with Gasteiger partial charge in [0.05, 0.1) is 0 Å². The lowest BCUT2D eigenvalue weighted by atomic mass is 9.94. The maximum Gasteiger partial charge on any atom is 0.407 e. The zero-order valence-electron chi connectivity index (χ0n) is 18.4. The Labute approximate surface area is 175 Å². The smallest absolute Gasteiger partial charge is 0.407 e. The lowest BCUT2D eigenvalue weighted by Crippen LogP contribution is -2.33. The van der Waals surface area contributed by atoms with Crippen LogP contribution < -0.4 is 15.5 Å². The highest BCUT2D eigenvalue weighted by atomic mass is 16.6. The van der Waals surface area contributed by atoms with Gasteiger partial charge in [-0.15, -0.1) is 0 Å². The highest BCUT2D eigenvalue weighted by molar-refractivity contribution is 5.76. The molecule has 0 aliphatic heterocycles. The van der Waals surface area contributed by atoms with Gasteiger partial charge >= 0.3 is 6.09 Å². The summed E-state index contributed by atoms with van der Waals surface area (Å²) in [6, 6.07) is 9.09. The molecule has 0 unspecified atom stereocenters. The van der Waals surface area contributed by atoms with Crippen LogP contribution >= 0.6 is 0 Å². The summed E-state index contributed by atoms with van der Waals surface area (Å²) >= 11 is 0. The molecule has 162 valence electrons. The van der Waals surface area contributed by atoms with Crippen molar-refractivity contribution in [2.75, 3.05) is 18.5 Å². The Morgan fingerprint density at radius 3 is 2.34 bits per heavy atom. The molecule has 0 bridgehead atoms. The standard InChI is InChI=1S/C23H37N3O3/c1-23(2,3)29-22(28)24-16-8-11-21(27)25-17-18-12-14-20(15-13-18)26(4)19-9-6-5-7-10-19/h12-15,19H,5-11,16-17H2,1-4H3,(H,24,28)(H,25,27). The molecule has 0 aromatic heterocycles. The van der Waals surface area contributed by atoms with Crippen molar-refractivity contribution in [2.45, 2.75) is 83.9 Å². The predicted molar refractivity (Wildman–Crippen MR) is 117 cm³/mol. The monoisotopic (exact) mass is 403 g/mol. The van der Waals surface area contributed by atoms with Crippen molar-refractivity contribution in [1.29, 1.82) is 0 Å². The zero-order valence-corrected chi connectivity index (χ0v) is 18.4. The van der Waals surface area contributed by atoms with Gasteiger partial charge in [-0.05, 0) is 57.7 Å². The minimum Gasteiger partial charge on any atom is -0.444 e. The number of nitrogens with zero attached hydrogens (tertiary/aromatic N) is 1. The fourth-order valence-electron chi connectivity index (χ4n) is 3.57. The van der Waals surface area contributed by atoms with E-state index in [9.17, 15) is 9.59 Å². The molecule has 2 rings (SSSR count). The van der Waals surface area contributed by atoms with E-state index in [0.717, 1.165) is 5.56 Å². The molecule has 1 aliphatic rings. The molecule has 1 fully saturated rings. The van der Waals surface area contributed by atoms with E-state index in [1.54, 1.807) is 0 Å². The molecule has 1 aromatic carbocycles. The van der Waals surface area contributed by atoms with Crippen LogP contribution in [0.3, 0.4) is 0 Å². The number of anilines is 1. The average molecular weight is 404 g/mol. The number of benzene rings is 1. The summed E-state index contributed by atoms with van der Waals surface area (Å²) in [6.07, 6.45) is 7.07. The van der Waals surface area contributed by atoms with Gasteiger partial charge in [0.2, 0.25) is 5.91 Å². The summed E-state index contributed by atoms with van der Waals surface area (Å²) in [5.41, 5.74) is 1.81. The van der Waals surface area contributed by atoms with Crippen molar-refractivity contribution in [2.24, 2.45) is 0 Å². The van der Waals surface area contributed by atoms with E-state index in [1.807, 2.05) is 20.8 Å². The first-order valence-electron chi connectivity index (χ1n) is 10.8. The molecule has 6 nitrogen and oxygen atoms in total. The summed E-state index contributed by atoms with van der Waals surface area (Å²) in [4.78, 5) is 25.9. The normalized spacial score (nSPS) is 14.9. The van der Waals surface area contributed by atoms with Crippen molar-refractivity contribution in [3.05, 3.63) is 29.8 Å². The summed E-state index contributed by atoms with van der Waals surface area (Å²) < 4.78 is 5.16. The van der Waals surface area contributed by atoms with Gasteiger partial charge in [0.1, 0.15) is 5.60 Å². The number of nitrogens with one attached hydrogen (secondary N) is 2. The number of carbonyl (C=O) groups is 2. The predicted octanol–water partition coefficient (Wildman–Crippen LogP) is 4.38. The largest absolute Gasteiger partial charge is 0.444 e. The van der Waals surface area contributed by atoms with Crippen LogP contribution in [0.2, 0.25) is 0 Å². The first-order valence-corrected chi connectivity index (χ1v) is 10.8. The highest BCUT2D eigenvalue weighted by Crippen LogP contribution is 2.26. The van der Waals surface area contributed by atoms with Crippen molar-refractivity contribution >= 4 is 17.7 Å². The second-order valence-corrected chi connectivity index (χ2v) is 8.88. The van der Waals surface area contributed by atoms with Gasteiger partial charge in [0.25, 0.3) is 0 Å². The van der Waals surface area contributed by atoms with E-state index < -0.39 is 11.7 Å². The summed E-state index contributed by atoms with van der Waals surface area (Å²) in [6.45, 7) is 6.40. The van der Waals surface area contributed by atoms with Crippen LogP contribution in [-0.2, 0) is 16.1 Å². The quantitative estimate of drug-likeness (QED) is 0.632. The summed E-state index contributed by atoms with van der Waals surface area (Å²) in [5.74, 6) is -0.0145. The topological polar surface area (TPSA) is 70.7 Å². The first-order chi connectivity index (χ1) is 13.7. The second-order valence-electron chi connectivity index (χ2n) is 8.88. The molecule has 1 saturated carbocycles. The Hall–Kier alpha value is -2.24. The molecule has 29 heavy (non-hydrogen) atoms. The lowest BCUT2D eigenvalue weighted by Gasteiger charge is -2.33. The molecule has 1 aliphatic carbocycles. The molecular formula is C23H37N3O3. The van der Waals surface area contributed by atoms with Crippen molar-refractivity contribution in [1.82, 2.24) is 10.6 Å². The minimum absolute atomic E-state index is 0.0145. The summed E-state index contributed by atoms with van der Waals surface area (Å²) in [7, 11) is 2.18. The molecule has 0 radical (unpaired) electrons. The number of hydrogen-bond donors (Lipinski definition) is 2. The van der Waals surface area contributed by atoms with E-state index in [2.05, 4.69) is 46.8 Å². The number of rotatable bonds is 8. The maximum absolute atomic E-state index is 12.0. The third kappa shape index (κ3) is 8.75. The van der Waals surface area contributed by atoms with Crippen LogP contribution in [0.4, 0.5) is 10.5 Å². The van der Waals surface area contributed by atoms with Crippen molar-refractivity contribution in [3.63, 3.8) is 0 Å². The Kier molecular flexibility index (Phi) is 8.80. The van der Waals surface area contributed by atoms with Crippen LogP contribution in [0.5, 0.6) is 0 Å². The van der Waals surface area contributed by atoms with Crippen LogP contribution in [-0.4, -0.2) is 37.2 Å². The number of alkyl carbamates (subject to hydrolysis) is 1. The number of amides is 2. The molecule has 2 amide bonds. The third-order valence-electron chi connectivity index (χ3n) is 5.20. The molecule has 0 atom stereocenters. The number of carbonyl (C=O) groups excluding carboxylic acids is 2. The lowest BCUT2D eigenvalue weighted by molar-refractivity contribution is -0.121. The molecular weight excluding hydrogens is 366 g/mol. The van der Waals surface area contributed by atoms with Gasteiger partial charge in [-0.25, -0.2) is 4.79 Å². The van der Waals surface area contributed by atoms with Crippen LogP contribution in [0, 0.1) is 0 Å². The fraction of sp³-hybridized carbons (Fsp3) is 0.652. The summed E-state index contributed by atoms with van der Waals surface area (Å²) in [5, 5.41) is 5.61. The first kappa shape index (κ1) is 23.0. The molecule has 0 saturated heterocycles. The van der Waals surface area contributed by atoms with Gasteiger partial charge in [0.15, 0.2) is 0 Å². The minimum atomic E-state index is -0.512. The van der Waals surface area contributed by atoms with Gasteiger partial charge in [-0.1, -0.05) is 31.4 Å². The maximum atomic E-state index is 12.0. The van der Waals surface area contributed by atoms with Crippen molar-refractivity contribution < 1.29 is 14.3 Å². The van der Waals surface area contributed by atoms with Crippen LogP contribution in [0.15, 0.2) is 24.3 Å². The molecule has 6 heteroatoms. The second kappa shape index (κ2) is 11.1. The molecule has 0 spiro atoms. The van der Waals surface area contributed by atoms with Crippen LogP contribution in [0.1, 0.15) is 71.3 Å². The Balaban J connectivity index is 1.65. The van der Waals surface area contributed by atoms with Crippen molar-refractivity contribution in [3.8, 4) is 0 Å². The van der Waals surface area contributed by atoms with E-state index in [1.165, 1.54) is 37.8 Å². The van der Waals surface area contributed by atoms with Crippen LogP contribution in [0.25, 0.3) is 0 Å². The molecule has 0 heterocycles. The van der Waals surface area contributed by atoms with E-state index in [-0.39, 0.29) is 5.91 Å². The Morgan fingerprint density at radius 2 is 1.72 bits per heavy atom. The average Bonchev–Trinajstić information content (AvgIpc) is 2.69. The third-order valence-corrected chi connectivity index (χ3v) is 5.20. The van der Waals surface area contributed by atoms with Gasteiger partial charge in [0, 0.05) is 38.3 Å². The van der Waals surface area contributed by atoms with E-state index in [4.69, 9.17) is 4.74 Å². The molecule has 1 aromatic rings. The van der Waals surface area contributed by atoms with Gasteiger partial charge in [-0.2, -0.15) is 0 Å². The molecule has 2 N–H and O–H groups in total. The number of ether oxygens (including phenoxy) is 1. The fourth-order valence-corrected chi connectivity index (χ4v) is 3.57. The SMILES string of the molecule is CN(c1ccc(CNC(=O)CCCNC(=O)OC(C)(C)C)cc1)C1CCCCC1.